The molecule has 32 heavy (non-hydrogen) atoms. The average Bonchev–Trinajstić information content (AvgIpc) is 2.81. The number of morpholine rings is 1. The number of ether oxygens (including phenoxy) is 1. The Bertz CT molecular complexity index is 712. The van der Waals surface area contributed by atoms with Crippen LogP contribution in [0.3, 0.4) is 0 Å². The van der Waals surface area contributed by atoms with Gasteiger partial charge in [-0.15, -0.1) is 0 Å². The molecule has 1 aromatic rings. The van der Waals surface area contributed by atoms with Crippen molar-refractivity contribution >= 4 is 11.9 Å². The number of aliphatic imine (C=N–C) groups is 1. The number of nitrogens with one attached hydrogen (secondary N) is 2. The Labute approximate surface area is 194 Å². The Balaban J connectivity index is 1.99. The summed E-state index contributed by atoms with van der Waals surface area (Å²) in [7, 11) is 3.56. The van der Waals surface area contributed by atoms with E-state index >= 15 is 0 Å². The first-order valence-corrected chi connectivity index (χ1v) is 12.1. The SMILES string of the molecule is CCNC(=NCC(C(CC)CC)N1CCOCC1)NCCc1cccc(C(=O)N(C)C)c1. The molecule has 1 aromatic carbocycles. The molecule has 1 atom stereocenters. The van der Waals surface area contributed by atoms with Crippen LogP contribution < -0.4 is 10.6 Å². The largest absolute Gasteiger partial charge is 0.379 e. The van der Waals surface area contributed by atoms with Crippen molar-refractivity contribution in [3.05, 3.63) is 35.4 Å². The molecule has 1 heterocycles. The van der Waals surface area contributed by atoms with Gasteiger partial charge in [-0.3, -0.25) is 14.7 Å². The normalized spacial score (nSPS) is 16.1. The quantitative estimate of drug-likeness (QED) is 0.405. The highest BCUT2D eigenvalue weighted by molar-refractivity contribution is 5.94. The summed E-state index contributed by atoms with van der Waals surface area (Å²) >= 11 is 0. The van der Waals surface area contributed by atoms with Crippen LogP contribution in [0.5, 0.6) is 0 Å². The number of nitrogens with zero attached hydrogens (tertiary/aromatic N) is 3. The van der Waals surface area contributed by atoms with Crippen molar-refractivity contribution in [2.75, 3.05) is 60.0 Å². The highest BCUT2D eigenvalue weighted by atomic mass is 16.5. The number of hydrogen-bond donors (Lipinski definition) is 2. The molecule has 0 bridgehead atoms. The molecule has 1 aliphatic heterocycles. The molecule has 0 radical (unpaired) electrons. The highest BCUT2D eigenvalue weighted by Gasteiger charge is 2.26. The van der Waals surface area contributed by atoms with E-state index in [-0.39, 0.29) is 5.91 Å². The molecular formula is C25H43N5O2. The predicted octanol–water partition coefficient (Wildman–Crippen LogP) is 2.62. The second-order valence-corrected chi connectivity index (χ2v) is 8.59. The molecule has 1 unspecified atom stereocenters. The van der Waals surface area contributed by atoms with Crippen molar-refractivity contribution in [1.82, 2.24) is 20.4 Å². The lowest BCUT2D eigenvalue weighted by molar-refractivity contribution is 0.00395. The van der Waals surface area contributed by atoms with Gasteiger partial charge in [-0.05, 0) is 37.0 Å². The lowest BCUT2D eigenvalue weighted by Gasteiger charge is -2.38. The third-order valence-electron chi connectivity index (χ3n) is 6.17. The van der Waals surface area contributed by atoms with Gasteiger partial charge < -0.3 is 20.3 Å². The summed E-state index contributed by atoms with van der Waals surface area (Å²) in [5.74, 6) is 1.53. The van der Waals surface area contributed by atoms with Crippen molar-refractivity contribution in [1.29, 1.82) is 0 Å². The van der Waals surface area contributed by atoms with Crippen LogP contribution in [0.1, 0.15) is 49.5 Å². The summed E-state index contributed by atoms with van der Waals surface area (Å²) in [6.07, 6.45) is 3.17. The molecule has 0 saturated carbocycles. The summed E-state index contributed by atoms with van der Waals surface area (Å²) in [5, 5.41) is 6.86. The van der Waals surface area contributed by atoms with Gasteiger partial charge in [0.2, 0.25) is 0 Å². The zero-order valence-corrected chi connectivity index (χ0v) is 20.7. The minimum absolute atomic E-state index is 0.0327. The van der Waals surface area contributed by atoms with Gasteiger partial charge in [0, 0.05) is 51.9 Å². The standard InChI is InChI=1S/C25H43N5O2/c1-6-21(7-2)23(30-14-16-32-17-15-30)19-28-25(26-8-3)27-13-12-20-10-9-11-22(18-20)24(31)29(4)5/h9-11,18,21,23H,6-8,12-17,19H2,1-5H3,(H2,26,27,28). The molecule has 7 nitrogen and oxygen atoms in total. The first-order chi connectivity index (χ1) is 15.5. The van der Waals surface area contributed by atoms with Gasteiger partial charge in [0.05, 0.1) is 19.8 Å². The monoisotopic (exact) mass is 445 g/mol. The molecule has 2 N–H and O–H groups in total. The Kier molecular flexibility index (Phi) is 11.5. The zero-order chi connectivity index (χ0) is 23.3. The molecule has 7 heteroatoms. The summed E-state index contributed by atoms with van der Waals surface area (Å²) < 4.78 is 5.57. The Hall–Kier alpha value is -2.12. The van der Waals surface area contributed by atoms with Crippen LogP contribution in [0.15, 0.2) is 29.3 Å². The average molecular weight is 446 g/mol. The van der Waals surface area contributed by atoms with Gasteiger partial charge >= 0.3 is 0 Å². The van der Waals surface area contributed by atoms with Crippen LogP contribution in [0.4, 0.5) is 0 Å². The van der Waals surface area contributed by atoms with Gasteiger partial charge in [-0.2, -0.15) is 0 Å². The van der Waals surface area contributed by atoms with Gasteiger partial charge in [-0.1, -0.05) is 38.8 Å². The Morgan fingerprint density at radius 3 is 2.50 bits per heavy atom. The fourth-order valence-corrected chi connectivity index (χ4v) is 4.27. The molecular weight excluding hydrogens is 402 g/mol. The van der Waals surface area contributed by atoms with E-state index in [1.54, 1.807) is 19.0 Å². The van der Waals surface area contributed by atoms with E-state index in [1.807, 2.05) is 18.2 Å². The fraction of sp³-hybridized carbons (Fsp3) is 0.680. The van der Waals surface area contributed by atoms with E-state index in [9.17, 15) is 4.79 Å². The number of rotatable bonds is 11. The number of hydrogen-bond acceptors (Lipinski definition) is 4. The maximum atomic E-state index is 12.2. The minimum Gasteiger partial charge on any atom is -0.379 e. The van der Waals surface area contributed by atoms with Gasteiger partial charge in [-0.25, -0.2) is 0 Å². The van der Waals surface area contributed by atoms with Gasteiger partial charge in [0.25, 0.3) is 5.91 Å². The molecule has 2 rings (SSSR count). The van der Waals surface area contributed by atoms with E-state index in [1.165, 1.54) is 12.8 Å². The minimum atomic E-state index is 0.0327. The van der Waals surface area contributed by atoms with Crippen molar-refractivity contribution in [2.24, 2.45) is 10.9 Å². The van der Waals surface area contributed by atoms with Crippen molar-refractivity contribution in [2.45, 2.75) is 46.1 Å². The highest BCUT2D eigenvalue weighted by Crippen LogP contribution is 2.20. The van der Waals surface area contributed by atoms with E-state index in [0.717, 1.165) is 69.4 Å². The number of carbonyl (C=O) groups excluding carboxylic acids is 1. The Morgan fingerprint density at radius 1 is 1.16 bits per heavy atom. The second kappa shape index (κ2) is 14.1. The van der Waals surface area contributed by atoms with Crippen LogP contribution in [-0.2, 0) is 11.2 Å². The third-order valence-corrected chi connectivity index (χ3v) is 6.17. The fourth-order valence-electron chi connectivity index (χ4n) is 4.27. The first kappa shape index (κ1) is 26.1. The number of benzene rings is 1. The van der Waals surface area contributed by atoms with Crippen molar-refractivity contribution in [3.63, 3.8) is 0 Å². The summed E-state index contributed by atoms with van der Waals surface area (Å²) in [6.45, 7) is 12.6. The molecule has 1 fully saturated rings. The van der Waals surface area contributed by atoms with E-state index in [0.29, 0.717) is 12.0 Å². The second-order valence-electron chi connectivity index (χ2n) is 8.59. The molecule has 0 spiro atoms. The van der Waals surface area contributed by atoms with E-state index in [2.05, 4.69) is 42.4 Å². The lowest BCUT2D eigenvalue weighted by atomic mass is 9.92. The predicted molar refractivity (Wildman–Crippen MR) is 132 cm³/mol. The number of carbonyl (C=O) groups is 1. The molecule has 0 aliphatic carbocycles. The topological polar surface area (TPSA) is 69.2 Å². The number of guanidine groups is 1. The molecule has 0 aromatic heterocycles. The van der Waals surface area contributed by atoms with Crippen LogP contribution in [-0.4, -0.2) is 87.7 Å². The lowest BCUT2D eigenvalue weighted by Crippen LogP contribution is -2.49. The molecule has 1 aliphatic rings. The maximum absolute atomic E-state index is 12.2. The van der Waals surface area contributed by atoms with E-state index < -0.39 is 0 Å². The van der Waals surface area contributed by atoms with Crippen LogP contribution >= 0.6 is 0 Å². The summed E-state index contributed by atoms with van der Waals surface area (Å²) in [4.78, 5) is 21.3. The molecule has 180 valence electrons. The maximum Gasteiger partial charge on any atom is 0.253 e. The van der Waals surface area contributed by atoms with Gasteiger partial charge in [0.15, 0.2) is 5.96 Å². The summed E-state index contributed by atoms with van der Waals surface area (Å²) in [6, 6.07) is 8.32. The van der Waals surface area contributed by atoms with Crippen LogP contribution in [0, 0.1) is 5.92 Å². The zero-order valence-electron chi connectivity index (χ0n) is 20.7. The third kappa shape index (κ3) is 8.10. The first-order valence-electron chi connectivity index (χ1n) is 12.1. The van der Waals surface area contributed by atoms with Crippen LogP contribution in [0.2, 0.25) is 0 Å². The Morgan fingerprint density at radius 2 is 1.88 bits per heavy atom. The summed E-state index contributed by atoms with van der Waals surface area (Å²) in [5.41, 5.74) is 1.87. The van der Waals surface area contributed by atoms with Crippen molar-refractivity contribution < 1.29 is 9.53 Å². The molecule has 1 amide bonds. The van der Waals surface area contributed by atoms with Gasteiger partial charge in [0.1, 0.15) is 0 Å². The smallest absolute Gasteiger partial charge is 0.253 e. The van der Waals surface area contributed by atoms with Crippen LogP contribution in [0.25, 0.3) is 0 Å². The number of amides is 1. The van der Waals surface area contributed by atoms with Crippen molar-refractivity contribution in [3.8, 4) is 0 Å². The van der Waals surface area contributed by atoms with E-state index in [4.69, 9.17) is 9.73 Å². The molecule has 1 saturated heterocycles.